The van der Waals surface area contributed by atoms with E-state index in [4.69, 9.17) is 4.42 Å². The fraction of sp³-hybridized carbons (Fsp3) is 0. The first-order chi connectivity index (χ1) is 9.18. The van der Waals surface area contributed by atoms with E-state index < -0.39 is 5.95 Å². The third-order valence-corrected chi connectivity index (χ3v) is 2.95. The summed E-state index contributed by atoms with van der Waals surface area (Å²) in [5.74, 6) is -0.578. The zero-order chi connectivity index (χ0) is 13.4. The lowest BCUT2D eigenvalue weighted by molar-refractivity contribution is 0.341. The fourth-order valence-electron chi connectivity index (χ4n) is 2.05. The number of phenolic OH excluding ortho intramolecular Hbond substituents is 1. The molecule has 0 bridgehead atoms. The molecule has 1 aromatic heterocycles. The Kier molecular flexibility index (Phi) is 2.49. The molecule has 0 unspecified atom stereocenters. The standard InChI is InChI=1S/C15H10O4/c16-11-7-3-1-5-9(11)13-14(17)10-6-2-4-8-12(10)19-15(13)18/h1-8,16,18H. The average molecular weight is 254 g/mol. The third-order valence-electron chi connectivity index (χ3n) is 2.95. The Morgan fingerprint density at radius 1 is 0.895 bits per heavy atom. The molecule has 0 saturated carbocycles. The lowest BCUT2D eigenvalue weighted by Crippen LogP contribution is -2.05. The zero-order valence-electron chi connectivity index (χ0n) is 9.83. The first kappa shape index (κ1) is 11.3. The fourth-order valence-corrected chi connectivity index (χ4v) is 2.05. The molecule has 3 aromatic rings. The monoisotopic (exact) mass is 254 g/mol. The number of rotatable bonds is 1. The van der Waals surface area contributed by atoms with E-state index in [1.54, 1.807) is 42.5 Å². The van der Waals surface area contributed by atoms with Gasteiger partial charge >= 0.3 is 0 Å². The molecule has 1 heterocycles. The summed E-state index contributed by atoms with van der Waals surface area (Å²) >= 11 is 0. The van der Waals surface area contributed by atoms with E-state index in [0.29, 0.717) is 11.0 Å². The highest BCUT2D eigenvalue weighted by atomic mass is 16.5. The highest BCUT2D eigenvalue weighted by Crippen LogP contribution is 2.34. The van der Waals surface area contributed by atoms with Crippen molar-refractivity contribution in [2.24, 2.45) is 0 Å². The minimum atomic E-state index is -0.495. The first-order valence-corrected chi connectivity index (χ1v) is 5.71. The van der Waals surface area contributed by atoms with Crippen molar-refractivity contribution in [3.05, 3.63) is 58.8 Å². The van der Waals surface area contributed by atoms with Crippen LogP contribution in [-0.2, 0) is 0 Å². The Hall–Kier alpha value is -2.75. The summed E-state index contributed by atoms with van der Waals surface area (Å²) in [5, 5.41) is 20.0. The van der Waals surface area contributed by atoms with Gasteiger partial charge in [-0.2, -0.15) is 0 Å². The molecular formula is C15H10O4. The minimum absolute atomic E-state index is 0.0307. The molecule has 2 N–H and O–H groups in total. The van der Waals surface area contributed by atoms with Crippen molar-refractivity contribution in [3.63, 3.8) is 0 Å². The highest BCUT2D eigenvalue weighted by molar-refractivity contribution is 5.85. The number of aromatic hydroxyl groups is 2. The van der Waals surface area contributed by atoms with Gasteiger partial charge in [-0.1, -0.05) is 30.3 Å². The molecule has 3 rings (SSSR count). The number of fused-ring (bicyclic) bond motifs is 1. The second-order valence-electron chi connectivity index (χ2n) is 4.12. The largest absolute Gasteiger partial charge is 0.507 e. The van der Waals surface area contributed by atoms with Gasteiger partial charge in [0.1, 0.15) is 16.9 Å². The van der Waals surface area contributed by atoms with Crippen LogP contribution in [0.5, 0.6) is 11.7 Å². The van der Waals surface area contributed by atoms with Crippen LogP contribution in [0.3, 0.4) is 0 Å². The molecule has 0 aliphatic heterocycles. The van der Waals surface area contributed by atoms with Crippen LogP contribution in [0.15, 0.2) is 57.7 Å². The van der Waals surface area contributed by atoms with E-state index >= 15 is 0 Å². The molecule has 0 fully saturated rings. The van der Waals surface area contributed by atoms with Gasteiger partial charge in [-0.05, 0) is 18.2 Å². The van der Waals surface area contributed by atoms with Crippen LogP contribution in [0.1, 0.15) is 0 Å². The summed E-state index contributed by atoms with van der Waals surface area (Å²) in [5.41, 5.74) is 0.154. The number of para-hydroxylation sites is 2. The smallest absolute Gasteiger partial charge is 0.294 e. The molecule has 2 aromatic carbocycles. The van der Waals surface area contributed by atoms with Crippen LogP contribution < -0.4 is 5.43 Å². The normalized spacial score (nSPS) is 10.7. The topological polar surface area (TPSA) is 70.7 Å². The summed E-state index contributed by atoms with van der Waals surface area (Å²) in [7, 11) is 0. The van der Waals surface area contributed by atoms with Crippen molar-refractivity contribution < 1.29 is 14.6 Å². The lowest BCUT2D eigenvalue weighted by Gasteiger charge is -2.06. The van der Waals surface area contributed by atoms with Gasteiger partial charge in [-0.15, -0.1) is 0 Å². The Balaban J connectivity index is 2.43. The van der Waals surface area contributed by atoms with E-state index in [2.05, 4.69) is 0 Å². The Labute approximate surface area is 108 Å². The van der Waals surface area contributed by atoms with Gasteiger partial charge in [0.2, 0.25) is 5.43 Å². The number of hydrogen-bond acceptors (Lipinski definition) is 4. The van der Waals surface area contributed by atoms with Gasteiger partial charge in [0, 0.05) is 5.56 Å². The number of hydrogen-bond donors (Lipinski definition) is 2. The molecule has 0 spiro atoms. The van der Waals surface area contributed by atoms with Crippen molar-refractivity contribution in [1.29, 1.82) is 0 Å². The molecule has 19 heavy (non-hydrogen) atoms. The predicted octanol–water partition coefficient (Wildman–Crippen LogP) is 2.87. The molecular weight excluding hydrogens is 244 g/mol. The predicted molar refractivity (Wildman–Crippen MR) is 71.2 cm³/mol. The van der Waals surface area contributed by atoms with Gasteiger partial charge in [-0.3, -0.25) is 4.79 Å². The Morgan fingerprint density at radius 2 is 1.58 bits per heavy atom. The zero-order valence-corrected chi connectivity index (χ0v) is 9.83. The van der Waals surface area contributed by atoms with Crippen LogP contribution in [0.2, 0.25) is 0 Å². The number of phenols is 1. The van der Waals surface area contributed by atoms with Crippen molar-refractivity contribution in [1.82, 2.24) is 0 Å². The van der Waals surface area contributed by atoms with Crippen molar-refractivity contribution in [2.45, 2.75) is 0 Å². The minimum Gasteiger partial charge on any atom is -0.507 e. The van der Waals surface area contributed by atoms with Crippen LogP contribution in [0, 0.1) is 0 Å². The summed E-state index contributed by atoms with van der Waals surface area (Å²) in [6.45, 7) is 0. The van der Waals surface area contributed by atoms with Gasteiger partial charge in [-0.25, -0.2) is 0 Å². The second-order valence-corrected chi connectivity index (χ2v) is 4.12. The van der Waals surface area contributed by atoms with E-state index in [1.807, 2.05) is 0 Å². The maximum absolute atomic E-state index is 12.4. The Morgan fingerprint density at radius 3 is 2.37 bits per heavy atom. The molecule has 0 saturated heterocycles. The first-order valence-electron chi connectivity index (χ1n) is 5.71. The van der Waals surface area contributed by atoms with Gasteiger partial charge in [0.05, 0.1) is 5.39 Å². The quantitative estimate of drug-likeness (QED) is 0.700. The van der Waals surface area contributed by atoms with E-state index in [-0.39, 0.29) is 22.3 Å². The number of benzene rings is 2. The molecule has 94 valence electrons. The van der Waals surface area contributed by atoms with Crippen molar-refractivity contribution in [2.75, 3.05) is 0 Å². The highest BCUT2D eigenvalue weighted by Gasteiger charge is 2.17. The maximum atomic E-state index is 12.4. The van der Waals surface area contributed by atoms with Gasteiger partial charge in [0.25, 0.3) is 5.95 Å². The van der Waals surface area contributed by atoms with Crippen molar-refractivity contribution >= 4 is 11.0 Å². The summed E-state index contributed by atoms with van der Waals surface area (Å²) in [4.78, 5) is 12.4. The maximum Gasteiger partial charge on any atom is 0.294 e. The van der Waals surface area contributed by atoms with Gasteiger partial charge in [0.15, 0.2) is 0 Å². The van der Waals surface area contributed by atoms with Crippen molar-refractivity contribution in [3.8, 4) is 22.8 Å². The molecule has 0 atom stereocenters. The second kappa shape index (κ2) is 4.17. The molecule has 4 heteroatoms. The van der Waals surface area contributed by atoms with Crippen LogP contribution >= 0.6 is 0 Å². The van der Waals surface area contributed by atoms with Gasteiger partial charge < -0.3 is 14.6 Å². The van der Waals surface area contributed by atoms with E-state index in [9.17, 15) is 15.0 Å². The summed E-state index contributed by atoms with van der Waals surface area (Å²) in [6, 6.07) is 13.0. The average Bonchev–Trinajstić information content (AvgIpc) is 2.41. The third kappa shape index (κ3) is 1.74. The van der Waals surface area contributed by atoms with E-state index in [0.717, 1.165) is 0 Å². The lowest BCUT2D eigenvalue weighted by atomic mass is 10.0. The van der Waals surface area contributed by atoms with Crippen LogP contribution in [0.4, 0.5) is 0 Å². The van der Waals surface area contributed by atoms with Crippen LogP contribution in [-0.4, -0.2) is 10.2 Å². The Bertz CT molecular complexity index is 818. The molecule has 0 radical (unpaired) electrons. The summed E-state index contributed by atoms with van der Waals surface area (Å²) < 4.78 is 5.23. The van der Waals surface area contributed by atoms with E-state index in [1.165, 1.54) is 6.07 Å². The molecule has 0 amide bonds. The summed E-state index contributed by atoms with van der Waals surface area (Å²) in [6.07, 6.45) is 0. The molecule has 4 nitrogen and oxygen atoms in total. The SMILES string of the molecule is O=c1c(-c2ccccc2O)c(O)oc2ccccc12. The van der Waals surface area contributed by atoms with Crippen LogP contribution in [0.25, 0.3) is 22.1 Å². The molecule has 0 aliphatic carbocycles. The molecule has 0 aliphatic rings.